The van der Waals surface area contributed by atoms with E-state index in [9.17, 15) is 14.8 Å². The molecule has 2 unspecified atom stereocenters. The summed E-state index contributed by atoms with van der Waals surface area (Å²) in [5.41, 5.74) is -1.91. The van der Waals surface area contributed by atoms with Gasteiger partial charge in [-0.15, -0.1) is 0 Å². The average molecular weight is 330 g/mol. The maximum Gasteiger partial charge on any atom is 0.396 e. The Morgan fingerprint density at radius 1 is 1.21 bits per heavy atom. The van der Waals surface area contributed by atoms with Gasteiger partial charge in [0.2, 0.25) is 0 Å². The molecular formula is C18H22N2O4. The van der Waals surface area contributed by atoms with E-state index in [-0.39, 0.29) is 0 Å². The van der Waals surface area contributed by atoms with Gasteiger partial charge in [0, 0.05) is 18.6 Å². The Morgan fingerprint density at radius 2 is 1.83 bits per heavy atom. The van der Waals surface area contributed by atoms with Crippen LogP contribution in [0.15, 0.2) is 54.3 Å². The molecule has 1 heterocycles. The van der Waals surface area contributed by atoms with Gasteiger partial charge in [-0.05, 0) is 39.0 Å². The zero-order valence-electron chi connectivity index (χ0n) is 14.3. The van der Waals surface area contributed by atoms with Crippen molar-refractivity contribution < 1.29 is 19.4 Å². The molecule has 0 aliphatic carbocycles. The number of hydrogen-bond donors (Lipinski definition) is 2. The number of rotatable bonds is 3. The summed E-state index contributed by atoms with van der Waals surface area (Å²) in [6, 6.07) is 8.41. The van der Waals surface area contributed by atoms with Crippen LogP contribution in [0.1, 0.15) is 38.1 Å². The molecular weight excluding hydrogens is 308 g/mol. The molecule has 0 bridgehead atoms. The van der Waals surface area contributed by atoms with Crippen LogP contribution in [-0.2, 0) is 9.53 Å². The third-order valence-electron chi connectivity index (χ3n) is 3.48. The molecule has 6 nitrogen and oxygen atoms in total. The maximum atomic E-state index is 12.7. The summed E-state index contributed by atoms with van der Waals surface area (Å²) in [7, 11) is 0. The molecule has 1 amide bonds. The van der Waals surface area contributed by atoms with Crippen LogP contribution in [0, 0.1) is 5.21 Å². The number of esters is 1. The SMILES string of the molecule is CC1=CC=CC(NC(=O)c2ccccc2)(C(=O)OC(C)(C)C)[NH+]1[O-]. The summed E-state index contributed by atoms with van der Waals surface area (Å²) in [6.07, 6.45) is 4.54. The van der Waals surface area contributed by atoms with Crippen molar-refractivity contribution in [3.63, 3.8) is 0 Å². The molecule has 24 heavy (non-hydrogen) atoms. The minimum Gasteiger partial charge on any atom is -0.627 e. The van der Waals surface area contributed by atoms with Gasteiger partial charge < -0.3 is 15.0 Å². The third-order valence-corrected chi connectivity index (χ3v) is 3.48. The van der Waals surface area contributed by atoms with Crippen LogP contribution in [0.5, 0.6) is 0 Å². The van der Waals surface area contributed by atoms with Crippen molar-refractivity contribution in [3.05, 3.63) is 65.0 Å². The van der Waals surface area contributed by atoms with Crippen molar-refractivity contribution in [2.75, 3.05) is 0 Å². The van der Waals surface area contributed by atoms with E-state index in [0.717, 1.165) is 0 Å². The van der Waals surface area contributed by atoms with Gasteiger partial charge in [-0.3, -0.25) is 10.1 Å². The Kier molecular flexibility index (Phi) is 4.91. The number of benzene rings is 1. The largest absolute Gasteiger partial charge is 0.627 e. The fraction of sp³-hybridized carbons (Fsp3) is 0.333. The molecule has 0 aromatic heterocycles. The highest BCUT2D eigenvalue weighted by Gasteiger charge is 2.49. The van der Waals surface area contributed by atoms with Gasteiger partial charge in [0.05, 0.1) is 0 Å². The van der Waals surface area contributed by atoms with Crippen LogP contribution >= 0.6 is 0 Å². The lowest BCUT2D eigenvalue weighted by molar-refractivity contribution is -0.851. The summed E-state index contributed by atoms with van der Waals surface area (Å²) < 4.78 is 5.38. The van der Waals surface area contributed by atoms with Crippen molar-refractivity contribution in [1.82, 2.24) is 5.32 Å². The van der Waals surface area contributed by atoms with Crippen molar-refractivity contribution in [3.8, 4) is 0 Å². The van der Waals surface area contributed by atoms with E-state index in [1.165, 1.54) is 6.08 Å². The van der Waals surface area contributed by atoms with Crippen molar-refractivity contribution >= 4 is 11.9 Å². The highest BCUT2D eigenvalue weighted by molar-refractivity contribution is 5.98. The fourth-order valence-corrected chi connectivity index (χ4v) is 2.31. The molecule has 6 heteroatoms. The third kappa shape index (κ3) is 3.72. The Bertz CT molecular complexity index is 689. The molecule has 1 aliphatic heterocycles. The van der Waals surface area contributed by atoms with Crippen LogP contribution < -0.4 is 10.4 Å². The van der Waals surface area contributed by atoms with E-state index in [1.807, 2.05) is 0 Å². The smallest absolute Gasteiger partial charge is 0.396 e. The van der Waals surface area contributed by atoms with Crippen LogP contribution in [0.2, 0.25) is 0 Å². The predicted octanol–water partition coefficient (Wildman–Crippen LogP) is 1.31. The molecule has 128 valence electrons. The van der Waals surface area contributed by atoms with E-state index in [2.05, 4.69) is 5.32 Å². The summed E-state index contributed by atoms with van der Waals surface area (Å²) in [5, 5.41) is 14.8. The van der Waals surface area contributed by atoms with Crippen molar-refractivity contribution in [2.24, 2.45) is 0 Å². The standard InChI is InChI=1S/C18H22N2O4/c1-13-9-8-12-18(20(13)23,16(22)24-17(2,3)4)19-15(21)14-10-6-5-7-11-14/h5-12,20H,1-4H3,(H,19,21). The number of amides is 1. The molecule has 1 aromatic rings. The highest BCUT2D eigenvalue weighted by atomic mass is 16.6. The van der Waals surface area contributed by atoms with Gasteiger partial charge in [0.15, 0.2) is 0 Å². The summed E-state index contributed by atoms with van der Waals surface area (Å²) in [6.45, 7) is 6.71. The summed E-state index contributed by atoms with van der Waals surface area (Å²) in [5.74, 6) is -1.32. The number of quaternary nitrogens is 1. The Balaban J connectivity index is 2.37. The van der Waals surface area contributed by atoms with Crippen LogP contribution in [0.4, 0.5) is 0 Å². The first-order chi connectivity index (χ1) is 11.2. The second-order valence-electron chi connectivity index (χ2n) is 6.67. The van der Waals surface area contributed by atoms with Crippen molar-refractivity contribution in [1.29, 1.82) is 0 Å². The Morgan fingerprint density at radius 3 is 2.42 bits per heavy atom. The lowest BCUT2D eigenvalue weighted by Gasteiger charge is -2.41. The normalized spacial score (nSPS) is 23.4. The average Bonchev–Trinajstić information content (AvgIpc) is 2.51. The number of hydrogen-bond acceptors (Lipinski definition) is 4. The van der Waals surface area contributed by atoms with Gasteiger partial charge >= 0.3 is 5.97 Å². The number of carbonyl (C=O) groups is 2. The Hall–Kier alpha value is -2.44. The second kappa shape index (κ2) is 6.59. The van der Waals surface area contributed by atoms with Gasteiger partial charge in [-0.2, -0.15) is 0 Å². The number of nitrogens with one attached hydrogen (secondary N) is 2. The fourth-order valence-electron chi connectivity index (χ4n) is 2.31. The van der Waals surface area contributed by atoms with Gasteiger partial charge in [0.25, 0.3) is 11.6 Å². The van der Waals surface area contributed by atoms with E-state index >= 15 is 0 Å². The zero-order chi connectivity index (χ0) is 18.0. The molecule has 0 saturated carbocycles. The lowest BCUT2D eigenvalue weighted by Crippen LogP contribution is -3.18. The van der Waals surface area contributed by atoms with Crippen molar-refractivity contribution in [2.45, 2.75) is 39.0 Å². The topological polar surface area (TPSA) is 82.9 Å². The molecule has 2 atom stereocenters. The Labute approximate surface area is 141 Å². The lowest BCUT2D eigenvalue weighted by atomic mass is 10.0. The predicted molar refractivity (Wildman–Crippen MR) is 89.7 cm³/mol. The molecule has 1 aromatic carbocycles. The first-order valence-electron chi connectivity index (χ1n) is 7.68. The highest BCUT2D eigenvalue weighted by Crippen LogP contribution is 2.16. The zero-order valence-corrected chi connectivity index (χ0v) is 14.3. The number of hydroxylamine groups is 2. The summed E-state index contributed by atoms with van der Waals surface area (Å²) in [4.78, 5) is 25.2. The van der Waals surface area contributed by atoms with Gasteiger partial charge in [-0.1, -0.05) is 24.3 Å². The van der Waals surface area contributed by atoms with Crippen LogP contribution in [0.25, 0.3) is 0 Å². The monoisotopic (exact) mass is 330 g/mol. The van der Waals surface area contributed by atoms with Gasteiger partial charge in [0.1, 0.15) is 11.3 Å². The molecule has 1 aliphatic rings. The minimum atomic E-state index is -1.85. The number of ether oxygens (including phenoxy) is 1. The number of carbonyl (C=O) groups excluding carboxylic acids is 2. The van der Waals surface area contributed by atoms with E-state index in [0.29, 0.717) is 11.3 Å². The first-order valence-corrected chi connectivity index (χ1v) is 7.68. The van der Waals surface area contributed by atoms with E-state index < -0.39 is 28.2 Å². The first kappa shape index (κ1) is 17.9. The quantitative estimate of drug-likeness (QED) is 0.647. The molecule has 0 fully saturated rings. The maximum absolute atomic E-state index is 12.7. The molecule has 0 saturated heterocycles. The minimum absolute atomic E-state index is 0.355. The summed E-state index contributed by atoms with van der Waals surface area (Å²) >= 11 is 0. The van der Waals surface area contributed by atoms with Crippen LogP contribution in [-0.4, -0.2) is 23.1 Å². The van der Waals surface area contributed by atoms with Crippen LogP contribution in [0.3, 0.4) is 0 Å². The molecule has 0 radical (unpaired) electrons. The second-order valence-corrected chi connectivity index (χ2v) is 6.67. The molecule has 0 spiro atoms. The van der Waals surface area contributed by atoms with Gasteiger partial charge in [-0.25, -0.2) is 4.79 Å². The number of allylic oxidation sites excluding steroid dienone is 3. The van der Waals surface area contributed by atoms with E-state index in [1.54, 1.807) is 70.2 Å². The molecule has 2 rings (SSSR count). The van der Waals surface area contributed by atoms with E-state index in [4.69, 9.17) is 4.74 Å². The molecule has 2 N–H and O–H groups in total.